The maximum atomic E-state index is 5.86. The van der Waals surface area contributed by atoms with Crippen molar-refractivity contribution in [3.8, 4) is 0 Å². The monoisotopic (exact) mass is 242 g/mol. The van der Waals surface area contributed by atoms with Gasteiger partial charge in [-0.2, -0.15) is 0 Å². The van der Waals surface area contributed by atoms with Crippen molar-refractivity contribution in [1.29, 1.82) is 0 Å². The fraction of sp³-hybridized carbons (Fsp3) is 1.00. The number of ether oxygens (including phenoxy) is 2. The Morgan fingerprint density at radius 2 is 1.65 bits per heavy atom. The molecule has 0 atom stereocenters. The fourth-order valence-corrected chi connectivity index (χ4v) is 2.39. The first-order valence-electron chi connectivity index (χ1n) is 7.31. The average Bonchev–Trinajstić information content (AvgIpc) is 2.25. The molecule has 1 fully saturated rings. The van der Waals surface area contributed by atoms with E-state index in [-0.39, 0.29) is 0 Å². The third-order valence-electron chi connectivity index (χ3n) is 3.45. The molecule has 0 spiro atoms. The molecule has 1 rings (SSSR count). The van der Waals surface area contributed by atoms with E-state index in [1.54, 1.807) is 0 Å². The summed E-state index contributed by atoms with van der Waals surface area (Å²) in [5.41, 5.74) is 0. The Hall–Kier alpha value is -0.0800. The molecule has 102 valence electrons. The van der Waals surface area contributed by atoms with Crippen LogP contribution in [0.1, 0.15) is 59.8 Å². The molecular formula is C15H30O2. The molecule has 0 bridgehead atoms. The van der Waals surface area contributed by atoms with Crippen LogP contribution < -0.4 is 0 Å². The lowest BCUT2D eigenvalue weighted by molar-refractivity contribution is -0.0288. The summed E-state index contributed by atoms with van der Waals surface area (Å²) in [6.45, 7) is 10.6. The topological polar surface area (TPSA) is 18.5 Å². The number of rotatable bonds is 7. The van der Waals surface area contributed by atoms with E-state index in [0.29, 0.717) is 12.2 Å². The Bertz CT molecular complexity index is 179. The zero-order valence-corrected chi connectivity index (χ0v) is 12.1. The first kappa shape index (κ1) is 15.0. The minimum atomic E-state index is 0.374. The minimum absolute atomic E-state index is 0.374. The van der Waals surface area contributed by atoms with Crippen LogP contribution in [0.3, 0.4) is 0 Å². The van der Waals surface area contributed by atoms with E-state index in [0.717, 1.165) is 25.0 Å². The van der Waals surface area contributed by atoms with Crippen molar-refractivity contribution in [2.24, 2.45) is 11.8 Å². The number of hydrogen-bond donors (Lipinski definition) is 0. The highest BCUT2D eigenvalue weighted by Gasteiger charge is 2.22. The van der Waals surface area contributed by atoms with Crippen LogP contribution in [0.2, 0.25) is 0 Å². The summed E-state index contributed by atoms with van der Waals surface area (Å²) in [7, 11) is 0. The predicted octanol–water partition coefficient (Wildman–Crippen LogP) is 4.03. The third-order valence-corrected chi connectivity index (χ3v) is 3.45. The van der Waals surface area contributed by atoms with Gasteiger partial charge in [0, 0.05) is 13.2 Å². The van der Waals surface area contributed by atoms with Gasteiger partial charge >= 0.3 is 0 Å². The Balaban J connectivity index is 2.03. The van der Waals surface area contributed by atoms with E-state index in [1.165, 1.54) is 32.1 Å². The Morgan fingerprint density at radius 3 is 2.18 bits per heavy atom. The predicted molar refractivity (Wildman–Crippen MR) is 72.2 cm³/mol. The van der Waals surface area contributed by atoms with Crippen LogP contribution in [0.25, 0.3) is 0 Å². The average molecular weight is 242 g/mol. The van der Waals surface area contributed by atoms with Crippen molar-refractivity contribution in [3.63, 3.8) is 0 Å². The summed E-state index contributed by atoms with van der Waals surface area (Å²) in [6.07, 6.45) is 7.05. The van der Waals surface area contributed by atoms with E-state index in [2.05, 4.69) is 27.7 Å². The van der Waals surface area contributed by atoms with Crippen molar-refractivity contribution in [1.82, 2.24) is 0 Å². The zero-order valence-electron chi connectivity index (χ0n) is 12.1. The van der Waals surface area contributed by atoms with Crippen molar-refractivity contribution in [2.75, 3.05) is 13.2 Å². The second-order valence-electron chi connectivity index (χ2n) is 6.09. The van der Waals surface area contributed by atoms with E-state index in [4.69, 9.17) is 9.47 Å². The van der Waals surface area contributed by atoms with Gasteiger partial charge in [0.1, 0.15) is 0 Å². The van der Waals surface area contributed by atoms with Gasteiger partial charge in [-0.25, -0.2) is 0 Å². The van der Waals surface area contributed by atoms with Crippen LogP contribution in [0.15, 0.2) is 0 Å². The van der Waals surface area contributed by atoms with Crippen molar-refractivity contribution >= 4 is 0 Å². The highest BCUT2D eigenvalue weighted by atomic mass is 16.5. The molecule has 0 heterocycles. The lowest BCUT2D eigenvalue weighted by Gasteiger charge is -2.29. The molecule has 0 aromatic carbocycles. The summed E-state index contributed by atoms with van der Waals surface area (Å²) in [4.78, 5) is 0. The molecule has 1 aliphatic carbocycles. The second-order valence-corrected chi connectivity index (χ2v) is 6.09. The molecule has 0 amide bonds. The lowest BCUT2D eigenvalue weighted by atomic mass is 9.88. The molecule has 0 aromatic heterocycles. The largest absolute Gasteiger partial charge is 0.381 e. The molecule has 0 unspecified atom stereocenters. The minimum Gasteiger partial charge on any atom is -0.381 e. The van der Waals surface area contributed by atoms with Crippen molar-refractivity contribution in [3.05, 3.63) is 0 Å². The lowest BCUT2D eigenvalue weighted by Crippen LogP contribution is -2.26. The SMILES string of the molecule is CC(C)CCOCC1CCC(OC(C)C)CC1. The van der Waals surface area contributed by atoms with Crippen LogP contribution >= 0.6 is 0 Å². The van der Waals surface area contributed by atoms with Gasteiger partial charge in [-0.05, 0) is 57.8 Å². The van der Waals surface area contributed by atoms with Gasteiger partial charge in [0.05, 0.1) is 12.2 Å². The van der Waals surface area contributed by atoms with E-state index in [9.17, 15) is 0 Å². The molecule has 0 radical (unpaired) electrons. The van der Waals surface area contributed by atoms with Crippen LogP contribution in [0, 0.1) is 11.8 Å². The van der Waals surface area contributed by atoms with Gasteiger partial charge in [0.2, 0.25) is 0 Å². The molecule has 1 aliphatic rings. The Morgan fingerprint density at radius 1 is 1.00 bits per heavy atom. The molecule has 17 heavy (non-hydrogen) atoms. The first-order chi connectivity index (χ1) is 8.08. The first-order valence-corrected chi connectivity index (χ1v) is 7.31. The van der Waals surface area contributed by atoms with Gasteiger partial charge in [-0.15, -0.1) is 0 Å². The maximum Gasteiger partial charge on any atom is 0.0578 e. The highest BCUT2D eigenvalue weighted by Crippen LogP contribution is 2.27. The van der Waals surface area contributed by atoms with Crippen LogP contribution in [-0.4, -0.2) is 25.4 Å². The highest BCUT2D eigenvalue weighted by molar-refractivity contribution is 4.73. The van der Waals surface area contributed by atoms with Gasteiger partial charge in [0.25, 0.3) is 0 Å². The summed E-state index contributed by atoms with van der Waals surface area (Å²) in [6, 6.07) is 0. The summed E-state index contributed by atoms with van der Waals surface area (Å²) in [5, 5.41) is 0. The molecular weight excluding hydrogens is 212 g/mol. The number of hydrogen-bond acceptors (Lipinski definition) is 2. The van der Waals surface area contributed by atoms with Gasteiger partial charge < -0.3 is 9.47 Å². The van der Waals surface area contributed by atoms with Gasteiger partial charge in [-0.3, -0.25) is 0 Å². The van der Waals surface area contributed by atoms with Crippen molar-refractivity contribution in [2.45, 2.75) is 72.0 Å². The Labute approximate surface area is 107 Å². The van der Waals surface area contributed by atoms with E-state index >= 15 is 0 Å². The van der Waals surface area contributed by atoms with Gasteiger partial charge in [-0.1, -0.05) is 13.8 Å². The molecule has 0 aromatic rings. The van der Waals surface area contributed by atoms with E-state index < -0.39 is 0 Å². The third kappa shape index (κ3) is 7.05. The van der Waals surface area contributed by atoms with E-state index in [1.807, 2.05) is 0 Å². The van der Waals surface area contributed by atoms with Gasteiger partial charge in [0.15, 0.2) is 0 Å². The molecule has 0 N–H and O–H groups in total. The maximum absolute atomic E-state index is 5.86. The normalized spacial score (nSPS) is 25.8. The fourth-order valence-electron chi connectivity index (χ4n) is 2.39. The van der Waals surface area contributed by atoms with Crippen molar-refractivity contribution < 1.29 is 9.47 Å². The van der Waals surface area contributed by atoms with Crippen LogP contribution in [0.5, 0.6) is 0 Å². The summed E-state index contributed by atoms with van der Waals surface area (Å²) >= 11 is 0. The summed E-state index contributed by atoms with van der Waals surface area (Å²) < 4.78 is 11.6. The van der Waals surface area contributed by atoms with Crippen LogP contribution in [0.4, 0.5) is 0 Å². The second kappa shape index (κ2) is 8.10. The molecule has 0 saturated heterocycles. The molecule has 2 heteroatoms. The zero-order chi connectivity index (χ0) is 12.7. The molecule has 1 saturated carbocycles. The molecule has 0 aliphatic heterocycles. The smallest absolute Gasteiger partial charge is 0.0578 e. The van der Waals surface area contributed by atoms with Crippen LogP contribution in [-0.2, 0) is 9.47 Å². The standard InChI is InChI=1S/C15H30O2/c1-12(2)9-10-16-11-14-5-7-15(8-6-14)17-13(3)4/h12-15H,5-11H2,1-4H3. The quantitative estimate of drug-likeness (QED) is 0.627. The summed E-state index contributed by atoms with van der Waals surface area (Å²) in [5.74, 6) is 1.53. The Kier molecular flexibility index (Phi) is 7.14. The molecule has 2 nitrogen and oxygen atoms in total.